The molecule has 1 fully saturated rings. The van der Waals surface area contributed by atoms with Gasteiger partial charge in [-0.2, -0.15) is 0 Å². The summed E-state index contributed by atoms with van der Waals surface area (Å²) in [5.74, 6) is -1.31. The largest absolute Gasteiger partial charge is 0.504 e. The summed E-state index contributed by atoms with van der Waals surface area (Å²) in [5.41, 5.74) is -0.164. The molecule has 50 heavy (non-hydrogen) atoms. The Balaban J connectivity index is 1.53. The first kappa shape index (κ1) is 36.5. The van der Waals surface area contributed by atoms with E-state index in [2.05, 4.69) is 25.3 Å². The molecule has 1 aliphatic heterocycles. The lowest BCUT2D eigenvalue weighted by Crippen LogP contribution is -2.55. The average molecular weight is 746 g/mol. The molecule has 2 N–H and O–H groups in total. The van der Waals surface area contributed by atoms with Gasteiger partial charge < -0.3 is 29.7 Å². The number of aromatic hydroxyl groups is 1. The van der Waals surface area contributed by atoms with Crippen molar-refractivity contribution in [3.8, 4) is 5.75 Å². The molecular weight excluding hydrogens is 713 g/mol. The predicted molar refractivity (Wildman–Crippen MR) is 180 cm³/mol. The fourth-order valence-electron chi connectivity index (χ4n) is 5.68. The second-order valence-corrected chi connectivity index (χ2v) is 14.8. The Morgan fingerprint density at radius 3 is 2.42 bits per heavy atom. The van der Waals surface area contributed by atoms with E-state index < -0.39 is 50.0 Å². The first-order chi connectivity index (χ1) is 23.1. The molecule has 1 aliphatic rings. The Morgan fingerprint density at radius 2 is 1.82 bits per heavy atom. The van der Waals surface area contributed by atoms with Gasteiger partial charge in [0.2, 0.25) is 11.3 Å². The number of hydrogen-bond acceptors (Lipinski definition) is 10. The molecule has 0 spiro atoms. The van der Waals surface area contributed by atoms with E-state index in [0.717, 1.165) is 0 Å². The molecule has 270 valence electrons. The summed E-state index contributed by atoms with van der Waals surface area (Å²) in [7, 11) is -6.63. The van der Waals surface area contributed by atoms with Gasteiger partial charge in [0.1, 0.15) is 29.3 Å². The van der Waals surface area contributed by atoms with Crippen LogP contribution in [0.25, 0.3) is 11.2 Å². The number of piperazine rings is 1. The monoisotopic (exact) mass is 745 g/mol. The minimum Gasteiger partial charge on any atom is -0.504 e. The van der Waals surface area contributed by atoms with Gasteiger partial charge in [0.25, 0.3) is 5.91 Å². The second-order valence-electron chi connectivity index (χ2n) is 12.0. The number of fused-ring (bicyclic) bond motifs is 1. The maximum atomic E-state index is 14.2. The Morgan fingerprint density at radius 1 is 1.12 bits per heavy atom. The van der Waals surface area contributed by atoms with Crippen LogP contribution in [-0.2, 0) is 17.8 Å². The summed E-state index contributed by atoms with van der Waals surface area (Å²) in [4.78, 5) is 60.4. The van der Waals surface area contributed by atoms with Crippen LogP contribution < -0.4 is 20.5 Å². The number of anilines is 3. The lowest BCUT2D eigenvalue weighted by molar-refractivity contribution is -0.116. The molecule has 20 heteroatoms. The molecule has 4 heterocycles. The molecule has 1 atom stereocenters. The zero-order valence-corrected chi connectivity index (χ0v) is 29.0. The number of nitrogens with one attached hydrogen (secondary N) is 1. The zero-order chi connectivity index (χ0) is 37.0. The highest BCUT2D eigenvalue weighted by molar-refractivity contribution is 8.45. The van der Waals surface area contributed by atoms with E-state index >= 15 is 0 Å². The quantitative estimate of drug-likeness (QED) is 0.221. The number of carbonyl (C=O) groups excluding carboxylic acids is 2. The summed E-state index contributed by atoms with van der Waals surface area (Å²) in [5, 5.41) is 12.0. The molecule has 0 radical (unpaired) electrons. The normalized spacial score (nSPS) is 16.6. The topological polar surface area (TPSA) is 150 Å². The van der Waals surface area contributed by atoms with Crippen molar-refractivity contribution < 1.29 is 34.1 Å². The summed E-state index contributed by atoms with van der Waals surface area (Å²) in [6.45, 7) is 5.03. The van der Waals surface area contributed by atoms with Crippen molar-refractivity contribution in [2.24, 2.45) is 0 Å². The van der Waals surface area contributed by atoms with Gasteiger partial charge in [-0.3, -0.25) is 14.4 Å². The van der Waals surface area contributed by atoms with Crippen LogP contribution in [0.2, 0.25) is 5.02 Å². The van der Waals surface area contributed by atoms with Crippen LogP contribution in [0.4, 0.5) is 36.6 Å². The van der Waals surface area contributed by atoms with E-state index in [9.17, 15) is 38.9 Å². The number of halogens is 6. The fourth-order valence-corrected chi connectivity index (χ4v) is 6.64. The molecule has 0 bridgehead atoms. The molecular formula is C30H33ClF5N9O4S. The number of amides is 2. The number of aromatic nitrogens is 5. The molecule has 5 rings (SSSR count). The van der Waals surface area contributed by atoms with Crippen LogP contribution in [-0.4, -0.2) is 86.1 Å². The van der Waals surface area contributed by atoms with Crippen LogP contribution in [0, 0.1) is 6.92 Å². The highest BCUT2D eigenvalue weighted by atomic mass is 35.5. The van der Waals surface area contributed by atoms with Crippen molar-refractivity contribution in [2.45, 2.75) is 44.7 Å². The predicted octanol–water partition coefficient (Wildman–Crippen LogP) is 5.52. The Bertz CT molecular complexity index is 2100. The van der Waals surface area contributed by atoms with Gasteiger partial charge in [0.05, 0.1) is 22.6 Å². The van der Waals surface area contributed by atoms with E-state index in [1.165, 1.54) is 28.9 Å². The SMILES string of the molecule is CCc1c(N2CCN(C(=O)c3ncnc(C)c3O)C[C@@H]2C)c(=O)c2nc(N(C)C)cnc2n1CC(=O)Nc1ccc(S(F)(F)(F)(F)F)cc1Cl. The Labute approximate surface area is 287 Å². The van der Waals surface area contributed by atoms with Crippen molar-refractivity contribution in [3.05, 3.63) is 63.1 Å². The summed E-state index contributed by atoms with van der Waals surface area (Å²) in [6.07, 6.45) is 2.80. The third-order valence-corrected chi connectivity index (χ3v) is 9.65. The number of carbonyl (C=O) groups is 2. The van der Waals surface area contributed by atoms with Crippen LogP contribution in [0.1, 0.15) is 35.7 Å². The van der Waals surface area contributed by atoms with Crippen molar-refractivity contribution in [3.63, 3.8) is 0 Å². The Kier molecular flexibility index (Phi) is 8.92. The minimum absolute atomic E-state index is 0.0507. The minimum atomic E-state index is -10.0. The standard InChI is InChI=1S/C30H33ClF5N9O4S/c1-6-21-26(44-10-9-43(13-16(44)2)30(49)25-27(47)17(3)38-15-39-25)28(48)24-29(37-12-22(41-24)42(4)5)45(21)14-23(46)40-20-8-7-18(11-19(20)31)50(32,33,34,35)36/h7-8,11-12,15-16,47H,6,9-10,13-14H2,1-5H3,(H,40,46)/t16-/m0/s1. The van der Waals surface area contributed by atoms with Gasteiger partial charge in [-0.1, -0.05) is 38.0 Å². The van der Waals surface area contributed by atoms with Gasteiger partial charge >= 0.3 is 10.2 Å². The van der Waals surface area contributed by atoms with Crippen molar-refractivity contribution in [2.75, 3.05) is 48.8 Å². The third kappa shape index (κ3) is 7.09. The molecule has 0 saturated carbocycles. The van der Waals surface area contributed by atoms with Gasteiger partial charge in [-0.15, -0.1) is 0 Å². The lowest BCUT2D eigenvalue weighted by atomic mass is 10.1. The zero-order valence-electron chi connectivity index (χ0n) is 27.4. The molecule has 1 aromatic carbocycles. The molecule has 4 aromatic rings. The fraction of sp³-hybridized carbons (Fsp3) is 0.367. The van der Waals surface area contributed by atoms with Crippen molar-refractivity contribution in [1.29, 1.82) is 0 Å². The smallest absolute Gasteiger partial charge is 0.310 e. The first-order valence-electron chi connectivity index (χ1n) is 15.1. The number of rotatable bonds is 8. The molecule has 0 unspecified atom stereocenters. The number of pyridine rings is 1. The summed E-state index contributed by atoms with van der Waals surface area (Å²) in [6, 6.07) is 0.376. The molecule has 2 amide bonds. The van der Waals surface area contributed by atoms with Crippen LogP contribution >= 0.6 is 21.8 Å². The van der Waals surface area contributed by atoms with Gasteiger partial charge in [-0.25, -0.2) is 19.9 Å². The van der Waals surface area contributed by atoms with E-state index in [1.807, 2.05) is 0 Å². The number of nitrogens with zero attached hydrogens (tertiary/aromatic N) is 8. The van der Waals surface area contributed by atoms with E-state index in [4.69, 9.17) is 11.6 Å². The third-order valence-electron chi connectivity index (χ3n) is 8.19. The van der Waals surface area contributed by atoms with Crippen molar-refractivity contribution in [1.82, 2.24) is 29.4 Å². The molecule has 3 aromatic heterocycles. The van der Waals surface area contributed by atoms with E-state index in [1.54, 1.807) is 37.7 Å². The number of benzene rings is 1. The average Bonchev–Trinajstić information content (AvgIpc) is 3.03. The maximum absolute atomic E-state index is 14.2. The number of hydrogen-bond donors (Lipinski definition) is 2. The second kappa shape index (κ2) is 12.2. The van der Waals surface area contributed by atoms with Gasteiger partial charge in [-0.05, 0) is 38.5 Å². The molecule has 13 nitrogen and oxygen atoms in total. The molecule has 0 aliphatic carbocycles. The van der Waals surface area contributed by atoms with Gasteiger partial charge in [0.15, 0.2) is 22.6 Å². The number of aryl methyl sites for hydroxylation is 1. The van der Waals surface area contributed by atoms with Crippen molar-refractivity contribution >= 4 is 62.0 Å². The highest BCUT2D eigenvalue weighted by Gasteiger charge is 2.65. The maximum Gasteiger partial charge on any atom is 0.310 e. The highest BCUT2D eigenvalue weighted by Crippen LogP contribution is 3.02. The van der Waals surface area contributed by atoms with E-state index in [0.29, 0.717) is 17.6 Å². The summed E-state index contributed by atoms with van der Waals surface area (Å²) < 4.78 is 68.0. The first-order valence-corrected chi connectivity index (χ1v) is 17.4. The van der Waals surface area contributed by atoms with E-state index in [-0.39, 0.29) is 77.9 Å². The lowest BCUT2D eigenvalue weighted by Gasteiger charge is -2.41. The van der Waals surface area contributed by atoms with Crippen LogP contribution in [0.5, 0.6) is 5.75 Å². The Hall–Kier alpha value is -4.78. The van der Waals surface area contributed by atoms with Crippen LogP contribution in [0.3, 0.4) is 0 Å². The van der Waals surface area contributed by atoms with Gasteiger partial charge in [0, 0.05) is 45.5 Å². The van der Waals surface area contributed by atoms with Crippen LogP contribution in [0.15, 0.2) is 40.4 Å². The molecule has 1 saturated heterocycles. The summed E-state index contributed by atoms with van der Waals surface area (Å²) >= 11 is 5.90.